The van der Waals surface area contributed by atoms with Crippen LogP contribution in [0.2, 0.25) is 5.02 Å². The Hall–Kier alpha value is -3.17. The van der Waals surface area contributed by atoms with Gasteiger partial charge in [-0.3, -0.25) is 0 Å². The first kappa shape index (κ1) is 20.1. The Labute approximate surface area is 181 Å². The van der Waals surface area contributed by atoms with Gasteiger partial charge in [0.15, 0.2) is 0 Å². The van der Waals surface area contributed by atoms with E-state index in [2.05, 4.69) is 15.4 Å². The Kier molecular flexibility index (Phi) is 5.56. The lowest BCUT2D eigenvalue weighted by molar-refractivity contribution is 0.303. The summed E-state index contributed by atoms with van der Waals surface area (Å²) in [7, 11) is 3.15. The number of aryl methyl sites for hydroxylation is 2. The quantitative estimate of drug-likeness (QED) is 0.452. The maximum absolute atomic E-state index is 12.3. The predicted molar refractivity (Wildman–Crippen MR) is 115 cm³/mol. The van der Waals surface area contributed by atoms with Crippen molar-refractivity contribution in [1.29, 1.82) is 0 Å². The number of aromatic nitrogens is 5. The summed E-state index contributed by atoms with van der Waals surface area (Å²) in [4.78, 5) is 16.8. The summed E-state index contributed by atoms with van der Waals surface area (Å²) in [6.45, 7) is 2.19. The highest BCUT2D eigenvalue weighted by atomic mass is 35.5. The first-order valence-electron chi connectivity index (χ1n) is 8.98. The molecule has 0 fully saturated rings. The Balaban J connectivity index is 1.60. The van der Waals surface area contributed by atoms with Crippen molar-refractivity contribution in [3.63, 3.8) is 0 Å². The monoisotopic (exact) mass is 443 g/mol. The maximum atomic E-state index is 12.3. The number of ether oxygens (including phenoxy) is 2. The minimum atomic E-state index is -0.326. The molecule has 4 rings (SSSR count). The molecule has 30 heavy (non-hydrogen) atoms. The van der Waals surface area contributed by atoms with E-state index in [9.17, 15) is 4.79 Å². The van der Waals surface area contributed by atoms with E-state index >= 15 is 0 Å². The van der Waals surface area contributed by atoms with Crippen LogP contribution in [0, 0.1) is 6.92 Å². The summed E-state index contributed by atoms with van der Waals surface area (Å²) in [5.74, 6) is 0.641. The molecule has 0 saturated heterocycles. The first-order valence-corrected chi connectivity index (χ1v) is 10.2. The van der Waals surface area contributed by atoms with Gasteiger partial charge in [0.1, 0.15) is 12.4 Å². The van der Waals surface area contributed by atoms with Crippen molar-refractivity contribution in [2.75, 3.05) is 7.11 Å². The molecule has 0 amide bonds. The number of tetrazole rings is 1. The van der Waals surface area contributed by atoms with E-state index in [4.69, 9.17) is 21.1 Å². The zero-order valence-electron chi connectivity index (χ0n) is 16.5. The number of hydrogen-bond acceptors (Lipinski definition) is 7. The zero-order chi connectivity index (χ0) is 21.3. The molecule has 0 spiro atoms. The van der Waals surface area contributed by atoms with Gasteiger partial charge in [0.05, 0.1) is 18.5 Å². The molecule has 10 heteroatoms. The van der Waals surface area contributed by atoms with E-state index < -0.39 is 0 Å². The van der Waals surface area contributed by atoms with Gasteiger partial charge >= 0.3 is 5.69 Å². The summed E-state index contributed by atoms with van der Waals surface area (Å²) in [5, 5.41) is 10.7. The second kappa shape index (κ2) is 8.29. The van der Waals surface area contributed by atoms with Crippen molar-refractivity contribution in [2.24, 2.45) is 7.05 Å². The summed E-state index contributed by atoms with van der Waals surface area (Å²) in [6.07, 6.45) is 0. The van der Waals surface area contributed by atoms with Gasteiger partial charge in [0.2, 0.25) is 0 Å². The van der Waals surface area contributed by atoms with Crippen LogP contribution < -0.4 is 15.2 Å². The zero-order valence-corrected chi connectivity index (χ0v) is 18.1. The molecule has 2 aromatic heterocycles. The Morgan fingerprint density at radius 1 is 1.20 bits per heavy atom. The van der Waals surface area contributed by atoms with Crippen LogP contribution in [0.1, 0.15) is 11.1 Å². The Morgan fingerprint density at radius 3 is 2.77 bits per heavy atom. The number of halogens is 1. The van der Waals surface area contributed by atoms with Crippen molar-refractivity contribution in [3.05, 3.63) is 68.4 Å². The first-order chi connectivity index (χ1) is 14.5. The fourth-order valence-corrected chi connectivity index (χ4v) is 3.83. The van der Waals surface area contributed by atoms with Crippen LogP contribution in [0.4, 0.5) is 0 Å². The van der Waals surface area contributed by atoms with Crippen LogP contribution in [0.25, 0.3) is 16.9 Å². The van der Waals surface area contributed by atoms with Gasteiger partial charge in [-0.1, -0.05) is 35.1 Å². The minimum absolute atomic E-state index is 0.232. The van der Waals surface area contributed by atoms with Gasteiger partial charge in [-0.25, -0.2) is 9.78 Å². The molecule has 154 valence electrons. The highest BCUT2D eigenvalue weighted by Crippen LogP contribution is 2.35. The summed E-state index contributed by atoms with van der Waals surface area (Å²) < 4.78 is 13.8. The largest absolute Gasteiger partial charge is 0.496 e. The van der Waals surface area contributed by atoms with Crippen LogP contribution in [0.5, 0.6) is 10.9 Å². The van der Waals surface area contributed by atoms with Crippen LogP contribution in [-0.2, 0) is 13.7 Å². The van der Waals surface area contributed by atoms with E-state index in [1.807, 2.05) is 36.6 Å². The van der Waals surface area contributed by atoms with Crippen molar-refractivity contribution in [3.8, 4) is 27.9 Å². The number of nitrogens with zero attached hydrogens (tertiary/aromatic N) is 5. The van der Waals surface area contributed by atoms with Crippen LogP contribution >= 0.6 is 22.9 Å². The lowest BCUT2D eigenvalue weighted by atomic mass is 10.1. The average molecular weight is 444 g/mol. The molecule has 4 aromatic rings. The molecule has 2 heterocycles. The second-order valence-corrected chi connectivity index (χ2v) is 7.76. The Morgan fingerprint density at radius 2 is 2.03 bits per heavy atom. The molecular formula is C20H18ClN5O3S. The molecule has 0 atom stereocenters. The predicted octanol–water partition coefficient (Wildman–Crippen LogP) is 3.64. The van der Waals surface area contributed by atoms with E-state index in [0.717, 1.165) is 22.4 Å². The van der Waals surface area contributed by atoms with Gasteiger partial charge in [0, 0.05) is 28.6 Å². The summed E-state index contributed by atoms with van der Waals surface area (Å²) in [6, 6.07) is 11.0. The van der Waals surface area contributed by atoms with Gasteiger partial charge in [-0.05, 0) is 47.2 Å². The number of methoxy groups -OCH3 is 1. The van der Waals surface area contributed by atoms with E-state index in [0.29, 0.717) is 21.7 Å². The second-order valence-electron chi connectivity index (χ2n) is 6.50. The van der Waals surface area contributed by atoms with Crippen molar-refractivity contribution in [1.82, 2.24) is 24.8 Å². The third-order valence-corrected chi connectivity index (χ3v) is 5.58. The minimum Gasteiger partial charge on any atom is -0.496 e. The van der Waals surface area contributed by atoms with E-state index in [1.165, 1.54) is 20.7 Å². The van der Waals surface area contributed by atoms with Gasteiger partial charge < -0.3 is 9.47 Å². The lowest BCUT2D eigenvalue weighted by Gasteiger charge is -2.11. The fraction of sp³-hybridized carbons (Fsp3) is 0.200. The van der Waals surface area contributed by atoms with Crippen LogP contribution in [0.15, 0.2) is 46.6 Å². The average Bonchev–Trinajstić information content (AvgIpc) is 3.34. The molecule has 8 nitrogen and oxygen atoms in total. The Bertz CT molecular complexity index is 1260. The molecular weight excluding hydrogens is 426 g/mol. The molecule has 0 aliphatic heterocycles. The standard InChI is InChI=1S/C20H18ClN5O3S/c1-12-5-4-6-17(26-20(27)25(2)23-24-26)15(12)10-29-19-22-16(11-30-19)14-8-7-13(21)9-18(14)28-3/h4-9,11H,10H2,1-3H3. The van der Waals surface area contributed by atoms with Gasteiger partial charge in [0.25, 0.3) is 5.19 Å². The molecule has 0 aliphatic rings. The maximum Gasteiger partial charge on any atom is 0.368 e. The van der Waals surface area contributed by atoms with Crippen molar-refractivity contribution >= 4 is 22.9 Å². The topological polar surface area (TPSA) is 84.1 Å². The summed E-state index contributed by atoms with van der Waals surface area (Å²) in [5.41, 5.74) is 3.67. The third-order valence-electron chi connectivity index (χ3n) is 4.60. The highest BCUT2D eigenvalue weighted by molar-refractivity contribution is 7.11. The molecule has 2 aromatic carbocycles. The number of hydrogen-bond donors (Lipinski definition) is 0. The molecule has 0 N–H and O–H groups in total. The third kappa shape index (κ3) is 3.81. The molecule has 0 aliphatic carbocycles. The van der Waals surface area contributed by atoms with Crippen LogP contribution in [0.3, 0.4) is 0 Å². The van der Waals surface area contributed by atoms with E-state index in [-0.39, 0.29) is 12.3 Å². The number of rotatable bonds is 6. The molecule has 0 radical (unpaired) electrons. The SMILES string of the molecule is COc1cc(Cl)ccc1-c1csc(OCc2c(C)cccc2-n2nnn(C)c2=O)n1. The number of benzene rings is 2. The molecule has 0 bridgehead atoms. The van der Waals surface area contributed by atoms with Crippen LogP contribution in [-0.4, -0.2) is 31.9 Å². The smallest absolute Gasteiger partial charge is 0.368 e. The van der Waals surface area contributed by atoms with E-state index in [1.54, 1.807) is 26.3 Å². The van der Waals surface area contributed by atoms with Gasteiger partial charge in [-0.2, -0.15) is 9.36 Å². The number of thiazole rings is 1. The van der Waals surface area contributed by atoms with Gasteiger partial charge in [-0.15, -0.1) is 0 Å². The fourth-order valence-electron chi connectivity index (χ4n) is 3.00. The normalized spacial score (nSPS) is 10.9. The molecule has 0 unspecified atom stereocenters. The summed E-state index contributed by atoms with van der Waals surface area (Å²) >= 11 is 7.42. The highest BCUT2D eigenvalue weighted by Gasteiger charge is 2.15. The molecule has 0 saturated carbocycles. The van der Waals surface area contributed by atoms with Crippen molar-refractivity contribution < 1.29 is 9.47 Å². The van der Waals surface area contributed by atoms with Crippen molar-refractivity contribution in [2.45, 2.75) is 13.5 Å². The lowest BCUT2D eigenvalue weighted by Crippen LogP contribution is -2.23.